The van der Waals surface area contributed by atoms with Crippen molar-refractivity contribution in [3.05, 3.63) is 42.0 Å². The summed E-state index contributed by atoms with van der Waals surface area (Å²) in [5.74, 6) is 1.15. The van der Waals surface area contributed by atoms with Crippen LogP contribution >= 0.6 is 0 Å². The molecule has 1 aromatic heterocycles. The van der Waals surface area contributed by atoms with Gasteiger partial charge < -0.3 is 24.1 Å². The van der Waals surface area contributed by atoms with Gasteiger partial charge >= 0.3 is 12.3 Å². The molecule has 0 amide bonds. The first kappa shape index (κ1) is 27.6. The Labute approximate surface area is 220 Å². The molecule has 3 aromatic rings. The molecular weight excluding hydrogens is 499 g/mol. The van der Waals surface area contributed by atoms with Gasteiger partial charge in [0.2, 0.25) is 5.95 Å². The molecule has 1 aliphatic carbocycles. The van der Waals surface area contributed by atoms with E-state index in [1.807, 2.05) is 12.1 Å². The van der Waals surface area contributed by atoms with Crippen LogP contribution in [0, 0.1) is 11.3 Å². The van der Waals surface area contributed by atoms with Crippen molar-refractivity contribution in [1.29, 1.82) is 0 Å². The van der Waals surface area contributed by atoms with E-state index in [2.05, 4.69) is 35.4 Å². The average molecular weight is 534 g/mol. The van der Waals surface area contributed by atoms with Gasteiger partial charge in [-0.15, -0.1) is 13.2 Å². The zero-order valence-corrected chi connectivity index (χ0v) is 22.3. The number of carbonyl (C=O) groups is 1. The standard InChI is InChI=1S/C28H34F3N3O4/c1-17-12-20(16-27(2,3)15-17)34-23-14-24(36-4)18(6-11-25(35)37-5)13-22(23)33-26(34)32-19-7-9-21(10-8-19)38-28(29,30)31/h7-10,13-14,17,20H,6,11-12,15-16H2,1-5H3,(H,32,33)/t17-,20+/m1/s1. The van der Waals surface area contributed by atoms with E-state index < -0.39 is 6.36 Å². The fourth-order valence-corrected chi connectivity index (χ4v) is 5.71. The molecule has 1 heterocycles. The Bertz CT molecular complexity index is 1290. The first-order valence-electron chi connectivity index (χ1n) is 12.7. The fraction of sp³-hybridized carbons (Fsp3) is 0.500. The van der Waals surface area contributed by atoms with Gasteiger partial charge in [-0.2, -0.15) is 0 Å². The number of rotatable bonds is 8. The second-order valence-electron chi connectivity index (χ2n) is 10.8. The summed E-state index contributed by atoms with van der Waals surface area (Å²) in [6.07, 6.45) is -1.06. The number of aryl methyl sites for hydroxylation is 1. The largest absolute Gasteiger partial charge is 0.573 e. The molecule has 1 N–H and O–H groups in total. The highest BCUT2D eigenvalue weighted by Crippen LogP contribution is 2.46. The minimum Gasteiger partial charge on any atom is -0.496 e. The van der Waals surface area contributed by atoms with Crippen molar-refractivity contribution in [3.63, 3.8) is 0 Å². The number of halogens is 3. The Balaban J connectivity index is 1.76. The Morgan fingerprint density at radius 1 is 1.16 bits per heavy atom. The third-order valence-electron chi connectivity index (χ3n) is 6.99. The topological polar surface area (TPSA) is 74.6 Å². The Hall–Kier alpha value is -3.43. The first-order chi connectivity index (χ1) is 17.9. The molecule has 0 bridgehead atoms. The molecule has 0 saturated heterocycles. The maximum atomic E-state index is 12.6. The number of aromatic nitrogens is 2. The summed E-state index contributed by atoms with van der Waals surface area (Å²) < 4.78 is 54.4. The van der Waals surface area contributed by atoms with Crippen LogP contribution in [0.5, 0.6) is 11.5 Å². The third-order valence-corrected chi connectivity index (χ3v) is 6.99. The van der Waals surface area contributed by atoms with Crippen molar-refractivity contribution in [3.8, 4) is 11.5 Å². The van der Waals surface area contributed by atoms with Crippen molar-refractivity contribution in [2.24, 2.45) is 11.3 Å². The fourth-order valence-electron chi connectivity index (χ4n) is 5.71. The highest BCUT2D eigenvalue weighted by atomic mass is 19.4. The number of methoxy groups -OCH3 is 2. The van der Waals surface area contributed by atoms with Crippen LogP contribution in [0.2, 0.25) is 0 Å². The first-order valence-corrected chi connectivity index (χ1v) is 12.7. The monoisotopic (exact) mass is 533 g/mol. The lowest BCUT2D eigenvalue weighted by molar-refractivity contribution is -0.274. The molecular formula is C28H34F3N3O4. The predicted molar refractivity (Wildman–Crippen MR) is 139 cm³/mol. The van der Waals surface area contributed by atoms with E-state index in [4.69, 9.17) is 14.5 Å². The summed E-state index contributed by atoms with van der Waals surface area (Å²) in [6, 6.07) is 9.62. The van der Waals surface area contributed by atoms with Crippen LogP contribution < -0.4 is 14.8 Å². The SMILES string of the molecule is COC(=O)CCc1cc2nc(Nc3ccc(OC(F)(F)F)cc3)n([C@H]3C[C@@H](C)CC(C)(C)C3)c2cc1OC. The van der Waals surface area contributed by atoms with Gasteiger partial charge in [0, 0.05) is 24.2 Å². The van der Waals surface area contributed by atoms with Gasteiger partial charge in [0.05, 0.1) is 25.3 Å². The third kappa shape index (κ3) is 6.52. The lowest BCUT2D eigenvalue weighted by Gasteiger charge is -2.40. The second-order valence-corrected chi connectivity index (χ2v) is 10.8. The molecule has 206 valence electrons. The molecule has 2 aromatic carbocycles. The Morgan fingerprint density at radius 2 is 1.87 bits per heavy atom. The number of nitrogens with zero attached hydrogens (tertiary/aromatic N) is 2. The summed E-state index contributed by atoms with van der Waals surface area (Å²) in [5, 5.41) is 3.31. The molecule has 0 spiro atoms. The summed E-state index contributed by atoms with van der Waals surface area (Å²) in [4.78, 5) is 16.6. The smallest absolute Gasteiger partial charge is 0.496 e. The minimum absolute atomic E-state index is 0.136. The number of ether oxygens (including phenoxy) is 3. The molecule has 0 unspecified atom stereocenters. The van der Waals surface area contributed by atoms with E-state index in [9.17, 15) is 18.0 Å². The molecule has 7 nitrogen and oxygen atoms in total. The molecule has 10 heteroatoms. The van der Waals surface area contributed by atoms with Crippen molar-refractivity contribution >= 4 is 28.6 Å². The van der Waals surface area contributed by atoms with Crippen molar-refractivity contribution in [2.75, 3.05) is 19.5 Å². The minimum atomic E-state index is -4.75. The Kier molecular flexibility index (Phi) is 7.80. The predicted octanol–water partition coefficient (Wildman–Crippen LogP) is 7.18. The van der Waals surface area contributed by atoms with Crippen LogP contribution in [0.3, 0.4) is 0 Å². The van der Waals surface area contributed by atoms with E-state index in [-0.39, 0.29) is 29.6 Å². The maximum Gasteiger partial charge on any atom is 0.573 e. The van der Waals surface area contributed by atoms with Gasteiger partial charge in [-0.3, -0.25) is 4.79 Å². The van der Waals surface area contributed by atoms with E-state index in [1.165, 1.54) is 31.4 Å². The van der Waals surface area contributed by atoms with Crippen LogP contribution in [-0.2, 0) is 16.0 Å². The maximum absolute atomic E-state index is 12.6. The van der Waals surface area contributed by atoms with Crippen LogP contribution in [-0.4, -0.2) is 36.1 Å². The molecule has 1 fully saturated rings. The lowest BCUT2D eigenvalue weighted by atomic mass is 9.70. The molecule has 4 rings (SSSR count). The van der Waals surface area contributed by atoms with Gasteiger partial charge in [-0.25, -0.2) is 4.98 Å². The van der Waals surface area contributed by atoms with Crippen LogP contribution in [0.4, 0.5) is 24.8 Å². The molecule has 1 aliphatic rings. The van der Waals surface area contributed by atoms with Crippen molar-refractivity contribution < 1.29 is 32.2 Å². The zero-order chi connectivity index (χ0) is 27.7. The van der Waals surface area contributed by atoms with Gasteiger partial charge in [0.1, 0.15) is 11.5 Å². The zero-order valence-electron chi connectivity index (χ0n) is 22.3. The highest BCUT2D eigenvalue weighted by molar-refractivity contribution is 5.83. The summed E-state index contributed by atoms with van der Waals surface area (Å²) in [5.41, 5.74) is 3.18. The average Bonchev–Trinajstić information content (AvgIpc) is 3.17. The number of carbonyl (C=O) groups excluding carboxylic acids is 1. The van der Waals surface area contributed by atoms with E-state index in [1.54, 1.807) is 7.11 Å². The van der Waals surface area contributed by atoms with E-state index >= 15 is 0 Å². The van der Waals surface area contributed by atoms with E-state index in [0.29, 0.717) is 29.7 Å². The molecule has 0 aliphatic heterocycles. The van der Waals surface area contributed by atoms with Crippen LogP contribution in [0.1, 0.15) is 58.1 Å². The number of anilines is 2. The van der Waals surface area contributed by atoms with Gasteiger partial charge in [0.15, 0.2) is 0 Å². The number of benzene rings is 2. The normalized spacial score (nSPS) is 19.3. The van der Waals surface area contributed by atoms with Crippen molar-refractivity contribution in [2.45, 2.75) is 65.3 Å². The van der Waals surface area contributed by atoms with Gasteiger partial charge in [-0.05, 0) is 72.9 Å². The molecule has 1 saturated carbocycles. The summed E-state index contributed by atoms with van der Waals surface area (Å²) in [6.45, 7) is 6.80. The summed E-state index contributed by atoms with van der Waals surface area (Å²) >= 11 is 0. The second kappa shape index (κ2) is 10.7. The number of esters is 1. The molecule has 38 heavy (non-hydrogen) atoms. The van der Waals surface area contributed by atoms with E-state index in [0.717, 1.165) is 35.9 Å². The molecule has 0 radical (unpaired) electrons. The number of imidazole rings is 1. The van der Waals surface area contributed by atoms with Crippen LogP contribution in [0.25, 0.3) is 11.0 Å². The number of fused-ring (bicyclic) bond motifs is 1. The highest BCUT2D eigenvalue weighted by Gasteiger charge is 2.35. The van der Waals surface area contributed by atoms with Gasteiger partial charge in [0.25, 0.3) is 0 Å². The number of hydrogen-bond donors (Lipinski definition) is 1. The number of nitrogens with one attached hydrogen (secondary N) is 1. The Morgan fingerprint density at radius 3 is 2.47 bits per heavy atom. The van der Waals surface area contributed by atoms with Crippen LogP contribution in [0.15, 0.2) is 36.4 Å². The number of hydrogen-bond acceptors (Lipinski definition) is 6. The van der Waals surface area contributed by atoms with Gasteiger partial charge in [-0.1, -0.05) is 20.8 Å². The lowest BCUT2D eigenvalue weighted by Crippen LogP contribution is -2.29. The van der Waals surface area contributed by atoms with Crippen molar-refractivity contribution in [1.82, 2.24) is 9.55 Å². The number of alkyl halides is 3. The quantitative estimate of drug-likeness (QED) is 0.309. The molecule has 2 atom stereocenters. The summed E-state index contributed by atoms with van der Waals surface area (Å²) in [7, 11) is 2.95.